The number of hydrogen-bond donors (Lipinski definition) is 4. The van der Waals surface area contributed by atoms with E-state index in [2.05, 4.69) is 26.3 Å². The van der Waals surface area contributed by atoms with E-state index in [1.54, 1.807) is 31.3 Å². The molecule has 0 radical (unpaired) electrons. The molecule has 166 valence electrons. The maximum Gasteiger partial charge on any atom is 0.225 e. The minimum absolute atomic E-state index is 0. The van der Waals surface area contributed by atoms with Gasteiger partial charge in [0.2, 0.25) is 11.8 Å². The number of amides is 2. The number of halogens is 2. The van der Waals surface area contributed by atoms with Crippen LogP contribution in [0.3, 0.4) is 0 Å². The molecule has 2 amide bonds. The van der Waals surface area contributed by atoms with Crippen molar-refractivity contribution in [3.8, 4) is 0 Å². The average molecular weight is 556 g/mol. The number of rotatable bonds is 7. The summed E-state index contributed by atoms with van der Waals surface area (Å²) in [5, 5.41) is 12.9. The molecule has 9 heteroatoms. The van der Waals surface area contributed by atoms with Crippen LogP contribution < -0.4 is 21.3 Å². The number of para-hydroxylation sites is 1. The molecule has 0 aromatic heterocycles. The second kappa shape index (κ2) is 12.5. The fourth-order valence-electron chi connectivity index (χ4n) is 3.34. The van der Waals surface area contributed by atoms with E-state index in [1.807, 2.05) is 24.3 Å². The van der Waals surface area contributed by atoms with Crippen molar-refractivity contribution in [1.82, 2.24) is 10.6 Å². The SMILES string of the molecule is CN=C(NCCCC(=O)Nc1ccc(Cl)cc1)NCC1CC(=O)Nc2ccccc21.I. The quantitative estimate of drug-likeness (QED) is 0.180. The molecule has 2 aromatic rings. The van der Waals surface area contributed by atoms with Crippen LogP contribution in [0.4, 0.5) is 11.4 Å². The van der Waals surface area contributed by atoms with Crippen molar-refractivity contribution >= 4 is 64.7 Å². The van der Waals surface area contributed by atoms with Crippen LogP contribution in [0.2, 0.25) is 5.02 Å². The molecular formula is C22H27ClIN5O2. The van der Waals surface area contributed by atoms with E-state index >= 15 is 0 Å². The van der Waals surface area contributed by atoms with Gasteiger partial charge in [-0.25, -0.2) is 0 Å². The highest BCUT2D eigenvalue weighted by molar-refractivity contribution is 14.0. The summed E-state index contributed by atoms with van der Waals surface area (Å²) in [4.78, 5) is 28.2. The Hall–Kier alpha value is -2.33. The third-order valence-corrected chi connectivity index (χ3v) is 5.10. The van der Waals surface area contributed by atoms with E-state index in [4.69, 9.17) is 11.6 Å². The monoisotopic (exact) mass is 555 g/mol. The number of anilines is 2. The Kier molecular flexibility index (Phi) is 10.1. The predicted octanol–water partition coefficient (Wildman–Crippen LogP) is 3.97. The molecule has 0 aliphatic carbocycles. The summed E-state index contributed by atoms with van der Waals surface area (Å²) in [7, 11) is 1.70. The summed E-state index contributed by atoms with van der Waals surface area (Å²) in [6.45, 7) is 1.20. The minimum Gasteiger partial charge on any atom is -0.356 e. The van der Waals surface area contributed by atoms with Crippen LogP contribution in [0, 0.1) is 0 Å². The first-order chi connectivity index (χ1) is 14.5. The zero-order valence-electron chi connectivity index (χ0n) is 17.3. The lowest BCUT2D eigenvalue weighted by Crippen LogP contribution is -2.41. The van der Waals surface area contributed by atoms with E-state index in [0.29, 0.717) is 43.3 Å². The first-order valence-corrected chi connectivity index (χ1v) is 10.3. The van der Waals surface area contributed by atoms with Gasteiger partial charge in [-0.05, 0) is 42.3 Å². The lowest BCUT2D eigenvalue weighted by atomic mass is 9.90. The van der Waals surface area contributed by atoms with Gasteiger partial charge < -0.3 is 21.3 Å². The van der Waals surface area contributed by atoms with Crippen LogP contribution in [-0.2, 0) is 9.59 Å². The van der Waals surface area contributed by atoms with Crippen molar-refractivity contribution in [2.45, 2.75) is 25.2 Å². The van der Waals surface area contributed by atoms with Crippen molar-refractivity contribution in [2.75, 3.05) is 30.8 Å². The zero-order valence-corrected chi connectivity index (χ0v) is 20.4. The molecule has 0 fully saturated rings. The van der Waals surface area contributed by atoms with Gasteiger partial charge in [0.05, 0.1) is 0 Å². The molecule has 7 nitrogen and oxygen atoms in total. The Balaban J connectivity index is 0.00000341. The minimum atomic E-state index is -0.0492. The summed E-state index contributed by atoms with van der Waals surface area (Å²) >= 11 is 5.84. The molecule has 0 saturated carbocycles. The third-order valence-electron chi connectivity index (χ3n) is 4.85. The number of aliphatic imine (C=N–C) groups is 1. The van der Waals surface area contributed by atoms with Gasteiger partial charge in [-0.2, -0.15) is 0 Å². The molecule has 31 heavy (non-hydrogen) atoms. The largest absolute Gasteiger partial charge is 0.356 e. The van der Waals surface area contributed by atoms with Crippen molar-refractivity contribution in [1.29, 1.82) is 0 Å². The van der Waals surface area contributed by atoms with Gasteiger partial charge >= 0.3 is 0 Å². The number of nitrogens with one attached hydrogen (secondary N) is 4. The Bertz CT molecular complexity index is 920. The molecule has 1 atom stereocenters. The normalized spacial score (nSPS) is 15.2. The first-order valence-electron chi connectivity index (χ1n) is 9.94. The number of benzene rings is 2. The molecule has 2 aromatic carbocycles. The van der Waals surface area contributed by atoms with Crippen LogP contribution >= 0.6 is 35.6 Å². The van der Waals surface area contributed by atoms with Gasteiger partial charge in [0.1, 0.15) is 0 Å². The van der Waals surface area contributed by atoms with Crippen molar-refractivity contribution in [3.05, 3.63) is 59.1 Å². The molecule has 0 spiro atoms. The summed E-state index contributed by atoms with van der Waals surface area (Å²) in [5.41, 5.74) is 2.72. The molecule has 0 bridgehead atoms. The lowest BCUT2D eigenvalue weighted by Gasteiger charge is -2.26. The highest BCUT2D eigenvalue weighted by Gasteiger charge is 2.24. The maximum atomic E-state index is 12.0. The molecule has 0 saturated heterocycles. The van der Waals surface area contributed by atoms with Crippen molar-refractivity contribution in [3.63, 3.8) is 0 Å². The standard InChI is InChI=1S/C22H26ClN5O2.HI/c1-24-22(25-12-4-7-20(29)27-17-10-8-16(23)9-11-17)26-14-15-13-21(30)28-19-6-3-2-5-18(15)19;/h2-3,5-6,8-11,15H,4,7,12-14H2,1H3,(H,27,29)(H,28,30)(H2,24,25,26);1H. The van der Waals surface area contributed by atoms with Gasteiger partial charge in [0.25, 0.3) is 0 Å². The molecule has 1 aliphatic rings. The smallest absolute Gasteiger partial charge is 0.225 e. The average Bonchev–Trinajstić information content (AvgIpc) is 2.74. The summed E-state index contributed by atoms with van der Waals surface area (Å²) in [5.74, 6) is 0.706. The van der Waals surface area contributed by atoms with E-state index in [1.165, 1.54) is 0 Å². The second-order valence-corrected chi connectivity index (χ2v) is 7.51. The van der Waals surface area contributed by atoms with Crippen LogP contribution in [0.15, 0.2) is 53.5 Å². The van der Waals surface area contributed by atoms with E-state index < -0.39 is 0 Å². The topological polar surface area (TPSA) is 94.6 Å². The van der Waals surface area contributed by atoms with Crippen molar-refractivity contribution in [2.24, 2.45) is 4.99 Å². The number of nitrogens with zero attached hydrogens (tertiary/aromatic N) is 1. The van der Waals surface area contributed by atoms with Gasteiger partial charge in [-0.1, -0.05) is 29.8 Å². The second-order valence-electron chi connectivity index (χ2n) is 7.07. The summed E-state index contributed by atoms with van der Waals surface area (Å²) in [6, 6.07) is 14.9. The van der Waals surface area contributed by atoms with Crippen LogP contribution in [0.25, 0.3) is 0 Å². The highest BCUT2D eigenvalue weighted by Crippen LogP contribution is 2.31. The molecule has 1 unspecified atom stereocenters. The van der Waals surface area contributed by atoms with E-state index in [-0.39, 0.29) is 41.7 Å². The zero-order chi connectivity index (χ0) is 21.3. The summed E-state index contributed by atoms with van der Waals surface area (Å²) in [6.07, 6.45) is 1.49. The fourth-order valence-corrected chi connectivity index (χ4v) is 3.46. The first kappa shape index (κ1) is 24.9. The number of guanidine groups is 1. The predicted molar refractivity (Wildman–Crippen MR) is 137 cm³/mol. The van der Waals surface area contributed by atoms with Gasteiger partial charge in [-0.15, -0.1) is 24.0 Å². The van der Waals surface area contributed by atoms with Crippen LogP contribution in [0.5, 0.6) is 0 Å². The summed E-state index contributed by atoms with van der Waals surface area (Å²) < 4.78 is 0. The Labute approximate surface area is 204 Å². The maximum absolute atomic E-state index is 12.0. The van der Waals surface area contributed by atoms with Gasteiger partial charge in [-0.3, -0.25) is 14.6 Å². The third kappa shape index (κ3) is 7.70. The Morgan fingerprint density at radius 2 is 1.90 bits per heavy atom. The molecule has 1 heterocycles. The fraction of sp³-hybridized carbons (Fsp3) is 0.318. The van der Waals surface area contributed by atoms with E-state index in [0.717, 1.165) is 16.9 Å². The van der Waals surface area contributed by atoms with Gasteiger partial charge in [0.15, 0.2) is 5.96 Å². The molecule has 1 aliphatic heterocycles. The molecule has 4 N–H and O–H groups in total. The Morgan fingerprint density at radius 3 is 2.65 bits per heavy atom. The van der Waals surface area contributed by atoms with Crippen LogP contribution in [-0.4, -0.2) is 37.9 Å². The molecular weight excluding hydrogens is 529 g/mol. The number of fused-ring (bicyclic) bond motifs is 1. The highest BCUT2D eigenvalue weighted by atomic mass is 127. The van der Waals surface area contributed by atoms with Gasteiger partial charge in [0, 0.05) is 55.3 Å². The Morgan fingerprint density at radius 1 is 1.16 bits per heavy atom. The molecule has 3 rings (SSSR count). The number of carbonyl (C=O) groups excluding carboxylic acids is 2. The van der Waals surface area contributed by atoms with E-state index in [9.17, 15) is 9.59 Å². The van der Waals surface area contributed by atoms with Crippen LogP contribution in [0.1, 0.15) is 30.7 Å². The number of carbonyl (C=O) groups is 2. The van der Waals surface area contributed by atoms with Crippen molar-refractivity contribution < 1.29 is 9.59 Å². The number of hydrogen-bond acceptors (Lipinski definition) is 3. The lowest BCUT2D eigenvalue weighted by molar-refractivity contribution is -0.117.